The molecule has 1 aliphatic heterocycles. The molecule has 1 aliphatic rings. The quantitative estimate of drug-likeness (QED) is 0.579. The summed E-state index contributed by atoms with van der Waals surface area (Å²) in [5.41, 5.74) is 0. The second-order valence-electron chi connectivity index (χ2n) is 3.10. The van der Waals surface area contributed by atoms with Crippen LogP contribution in [0.3, 0.4) is 0 Å². The summed E-state index contributed by atoms with van der Waals surface area (Å²) in [4.78, 5) is 2.50. The summed E-state index contributed by atoms with van der Waals surface area (Å²) in [6.45, 7) is 9.38. The fourth-order valence-electron chi connectivity index (χ4n) is 1.48. The number of hydrogen-bond acceptors (Lipinski definition) is 2. The standard InChI is InChI=1S/C8H18N2/c1-3-10-6-4-5-9-8(2)7-10/h8-9H,3-7H2,1-2H3. The molecule has 0 radical (unpaired) electrons. The fourth-order valence-corrected chi connectivity index (χ4v) is 1.48. The van der Waals surface area contributed by atoms with Gasteiger partial charge in [0.05, 0.1) is 0 Å². The predicted molar refractivity (Wildman–Crippen MR) is 44.2 cm³/mol. The van der Waals surface area contributed by atoms with E-state index >= 15 is 0 Å². The van der Waals surface area contributed by atoms with Crippen molar-refractivity contribution in [2.24, 2.45) is 0 Å². The number of nitrogens with zero attached hydrogens (tertiary/aromatic N) is 1. The fraction of sp³-hybridized carbons (Fsp3) is 1.00. The molecule has 60 valence electrons. The van der Waals surface area contributed by atoms with Crippen molar-refractivity contribution in [3.63, 3.8) is 0 Å². The first-order valence-electron chi connectivity index (χ1n) is 4.28. The summed E-state index contributed by atoms with van der Waals surface area (Å²) < 4.78 is 0. The molecular weight excluding hydrogens is 124 g/mol. The topological polar surface area (TPSA) is 15.3 Å². The van der Waals surface area contributed by atoms with Gasteiger partial charge in [-0.15, -0.1) is 0 Å². The Hall–Kier alpha value is -0.0800. The lowest BCUT2D eigenvalue weighted by Crippen LogP contribution is -2.35. The number of hydrogen-bond donors (Lipinski definition) is 1. The van der Waals surface area contributed by atoms with E-state index in [0.717, 1.165) is 0 Å². The largest absolute Gasteiger partial charge is 0.313 e. The summed E-state index contributed by atoms with van der Waals surface area (Å²) in [6, 6.07) is 0.683. The maximum Gasteiger partial charge on any atom is 0.0166 e. The number of nitrogens with one attached hydrogen (secondary N) is 1. The van der Waals surface area contributed by atoms with Crippen LogP contribution in [-0.2, 0) is 0 Å². The van der Waals surface area contributed by atoms with Crippen LogP contribution in [0, 0.1) is 0 Å². The maximum atomic E-state index is 3.47. The summed E-state index contributed by atoms with van der Waals surface area (Å²) in [5.74, 6) is 0. The normalized spacial score (nSPS) is 30.0. The second kappa shape index (κ2) is 3.94. The van der Waals surface area contributed by atoms with Crippen LogP contribution in [0.15, 0.2) is 0 Å². The van der Waals surface area contributed by atoms with Gasteiger partial charge < -0.3 is 10.2 Å². The third-order valence-electron chi connectivity index (χ3n) is 2.12. The summed E-state index contributed by atoms with van der Waals surface area (Å²) in [6.07, 6.45) is 1.30. The SMILES string of the molecule is CCN1CCCNC(C)C1. The van der Waals surface area contributed by atoms with Crippen molar-refractivity contribution in [3.8, 4) is 0 Å². The van der Waals surface area contributed by atoms with Gasteiger partial charge in [0.1, 0.15) is 0 Å². The van der Waals surface area contributed by atoms with Crippen molar-refractivity contribution in [3.05, 3.63) is 0 Å². The van der Waals surface area contributed by atoms with Gasteiger partial charge in [0.15, 0.2) is 0 Å². The smallest absolute Gasteiger partial charge is 0.0166 e. The summed E-state index contributed by atoms with van der Waals surface area (Å²) >= 11 is 0. The molecule has 1 rings (SSSR count). The zero-order valence-electron chi connectivity index (χ0n) is 7.06. The Morgan fingerprint density at radius 2 is 2.40 bits per heavy atom. The van der Waals surface area contributed by atoms with Gasteiger partial charge in [0.25, 0.3) is 0 Å². The molecule has 1 N–H and O–H groups in total. The molecule has 2 heteroatoms. The van der Waals surface area contributed by atoms with E-state index < -0.39 is 0 Å². The highest BCUT2D eigenvalue weighted by Crippen LogP contribution is 1.98. The molecule has 10 heavy (non-hydrogen) atoms. The number of likely N-dealkylation sites (N-methyl/N-ethyl adjacent to an activating group) is 1. The van der Waals surface area contributed by atoms with E-state index in [9.17, 15) is 0 Å². The van der Waals surface area contributed by atoms with E-state index in [4.69, 9.17) is 0 Å². The predicted octanol–water partition coefficient (Wildman–Crippen LogP) is 0.690. The van der Waals surface area contributed by atoms with Gasteiger partial charge in [-0.05, 0) is 33.0 Å². The molecule has 1 atom stereocenters. The highest BCUT2D eigenvalue weighted by atomic mass is 15.2. The van der Waals surface area contributed by atoms with Crippen molar-refractivity contribution in [2.45, 2.75) is 26.3 Å². The van der Waals surface area contributed by atoms with E-state index in [1.165, 1.54) is 32.6 Å². The Balaban J connectivity index is 2.30. The second-order valence-corrected chi connectivity index (χ2v) is 3.10. The molecule has 0 amide bonds. The van der Waals surface area contributed by atoms with Crippen LogP contribution >= 0.6 is 0 Å². The molecule has 0 saturated carbocycles. The van der Waals surface area contributed by atoms with Crippen molar-refractivity contribution in [1.29, 1.82) is 0 Å². The number of rotatable bonds is 1. The van der Waals surface area contributed by atoms with Gasteiger partial charge in [-0.25, -0.2) is 0 Å². The Kier molecular flexibility index (Phi) is 3.16. The first kappa shape index (κ1) is 8.02. The highest BCUT2D eigenvalue weighted by Gasteiger charge is 2.10. The molecule has 0 aromatic heterocycles. The van der Waals surface area contributed by atoms with Crippen LogP contribution in [0.25, 0.3) is 0 Å². The van der Waals surface area contributed by atoms with Crippen molar-refractivity contribution >= 4 is 0 Å². The van der Waals surface area contributed by atoms with Gasteiger partial charge in [-0.2, -0.15) is 0 Å². The van der Waals surface area contributed by atoms with Gasteiger partial charge in [-0.1, -0.05) is 6.92 Å². The van der Waals surface area contributed by atoms with E-state index in [-0.39, 0.29) is 0 Å². The lowest BCUT2D eigenvalue weighted by molar-refractivity contribution is 0.287. The van der Waals surface area contributed by atoms with Gasteiger partial charge in [0, 0.05) is 12.6 Å². The zero-order valence-corrected chi connectivity index (χ0v) is 7.06. The first-order valence-corrected chi connectivity index (χ1v) is 4.28. The Morgan fingerprint density at radius 1 is 1.60 bits per heavy atom. The molecule has 1 unspecified atom stereocenters. The summed E-state index contributed by atoms with van der Waals surface area (Å²) in [7, 11) is 0. The molecule has 1 heterocycles. The van der Waals surface area contributed by atoms with Gasteiger partial charge in [-0.3, -0.25) is 0 Å². The molecule has 0 spiro atoms. The Labute approximate surface area is 63.6 Å². The van der Waals surface area contributed by atoms with Crippen LogP contribution < -0.4 is 5.32 Å². The van der Waals surface area contributed by atoms with Crippen LogP contribution in [0.5, 0.6) is 0 Å². The van der Waals surface area contributed by atoms with Crippen molar-refractivity contribution in [2.75, 3.05) is 26.2 Å². The van der Waals surface area contributed by atoms with Crippen LogP contribution in [-0.4, -0.2) is 37.1 Å². The minimum absolute atomic E-state index is 0.683. The van der Waals surface area contributed by atoms with Crippen molar-refractivity contribution < 1.29 is 0 Å². The van der Waals surface area contributed by atoms with E-state index in [2.05, 4.69) is 24.1 Å². The molecule has 2 nitrogen and oxygen atoms in total. The average Bonchev–Trinajstić information content (AvgIpc) is 2.13. The Morgan fingerprint density at radius 3 is 3.10 bits per heavy atom. The molecule has 0 aromatic rings. The van der Waals surface area contributed by atoms with E-state index in [0.29, 0.717) is 6.04 Å². The zero-order chi connectivity index (χ0) is 7.40. The molecule has 1 saturated heterocycles. The molecule has 0 aliphatic carbocycles. The monoisotopic (exact) mass is 142 g/mol. The maximum absolute atomic E-state index is 3.47. The van der Waals surface area contributed by atoms with Crippen molar-refractivity contribution in [1.82, 2.24) is 10.2 Å². The van der Waals surface area contributed by atoms with Gasteiger partial charge in [0.2, 0.25) is 0 Å². The van der Waals surface area contributed by atoms with E-state index in [1.807, 2.05) is 0 Å². The van der Waals surface area contributed by atoms with Crippen LogP contribution in [0.4, 0.5) is 0 Å². The van der Waals surface area contributed by atoms with Gasteiger partial charge >= 0.3 is 0 Å². The van der Waals surface area contributed by atoms with Crippen LogP contribution in [0.2, 0.25) is 0 Å². The van der Waals surface area contributed by atoms with E-state index in [1.54, 1.807) is 0 Å². The minimum atomic E-state index is 0.683. The Bertz CT molecular complexity index is 93.3. The molecular formula is C8H18N2. The van der Waals surface area contributed by atoms with Crippen LogP contribution in [0.1, 0.15) is 20.3 Å². The summed E-state index contributed by atoms with van der Waals surface area (Å²) in [5, 5.41) is 3.47. The lowest BCUT2D eigenvalue weighted by Gasteiger charge is -2.19. The lowest BCUT2D eigenvalue weighted by atomic mass is 10.3. The highest BCUT2D eigenvalue weighted by molar-refractivity contribution is 4.71. The third kappa shape index (κ3) is 2.27. The molecule has 1 fully saturated rings. The first-order chi connectivity index (χ1) is 4.83. The minimum Gasteiger partial charge on any atom is -0.313 e. The third-order valence-corrected chi connectivity index (χ3v) is 2.12. The molecule has 0 aromatic carbocycles. The molecule has 0 bridgehead atoms. The average molecular weight is 142 g/mol.